The van der Waals surface area contributed by atoms with Gasteiger partial charge in [0.2, 0.25) is 0 Å². The Morgan fingerprint density at radius 2 is 1.21 bits per heavy atom. The molecule has 0 radical (unpaired) electrons. The zero-order valence-corrected chi connectivity index (χ0v) is 11.1. The third-order valence-corrected chi connectivity index (χ3v) is 3.86. The van der Waals surface area contributed by atoms with E-state index in [0.29, 0.717) is 0 Å². The lowest BCUT2D eigenvalue weighted by Crippen LogP contribution is -2.23. The molecule has 0 aliphatic heterocycles. The van der Waals surface area contributed by atoms with Crippen LogP contribution < -0.4 is 0 Å². The summed E-state index contributed by atoms with van der Waals surface area (Å²) in [6.45, 7) is 11.7. The zero-order valence-electron chi connectivity index (χ0n) is 10.1. The molecule has 3 nitrogen and oxygen atoms in total. The molecule has 14 heavy (non-hydrogen) atoms. The summed E-state index contributed by atoms with van der Waals surface area (Å²) in [6.07, 6.45) is 1.64. The molecule has 0 heterocycles. The monoisotopic (exact) mass is 222 g/mol. The van der Waals surface area contributed by atoms with Gasteiger partial charge in [0.05, 0.1) is 11.2 Å². The van der Waals surface area contributed by atoms with E-state index < -0.39 is 8.25 Å². The molecule has 0 aliphatic rings. The van der Waals surface area contributed by atoms with E-state index in [1.165, 1.54) is 0 Å². The van der Waals surface area contributed by atoms with Crippen molar-refractivity contribution in [2.45, 2.75) is 65.6 Å². The Morgan fingerprint density at radius 3 is 1.43 bits per heavy atom. The molecule has 0 N–H and O–H groups in total. The lowest BCUT2D eigenvalue weighted by Gasteiger charge is -2.27. The highest BCUT2D eigenvalue weighted by molar-refractivity contribution is 7.33. The topological polar surface area (TPSA) is 35.5 Å². The fourth-order valence-corrected chi connectivity index (χ4v) is 1.85. The second kappa shape index (κ2) is 5.29. The van der Waals surface area contributed by atoms with Gasteiger partial charge in [0.25, 0.3) is 0 Å². The summed E-state index contributed by atoms with van der Waals surface area (Å²) in [7, 11) is -2.38. The van der Waals surface area contributed by atoms with Crippen LogP contribution in [0.2, 0.25) is 0 Å². The van der Waals surface area contributed by atoms with E-state index in [-0.39, 0.29) is 11.2 Å². The molecule has 0 rings (SSSR count). The minimum Gasteiger partial charge on any atom is -0.305 e. The van der Waals surface area contributed by atoms with Crippen LogP contribution in [0.4, 0.5) is 0 Å². The van der Waals surface area contributed by atoms with Gasteiger partial charge in [-0.15, -0.1) is 0 Å². The molecular formula is C10H23O3P. The average molecular weight is 222 g/mol. The first-order valence-electron chi connectivity index (χ1n) is 5.14. The van der Waals surface area contributed by atoms with Crippen LogP contribution in [0, 0.1) is 0 Å². The highest BCUT2D eigenvalue weighted by Crippen LogP contribution is 2.37. The standard InChI is InChI=1S/C10H23O3P/c1-7-9(3,4)12-14(11)13-10(5,6)8-2/h14H,7-8H2,1-6H3. The number of rotatable bonds is 6. The van der Waals surface area contributed by atoms with Gasteiger partial charge in [-0.25, -0.2) is 0 Å². The average Bonchev–Trinajstić information content (AvgIpc) is 2.02. The van der Waals surface area contributed by atoms with E-state index in [9.17, 15) is 4.57 Å². The molecule has 0 aromatic rings. The fourth-order valence-electron chi connectivity index (χ4n) is 0.616. The summed E-state index contributed by atoms with van der Waals surface area (Å²) >= 11 is 0. The summed E-state index contributed by atoms with van der Waals surface area (Å²) in [6, 6.07) is 0. The van der Waals surface area contributed by atoms with Crippen LogP contribution in [0.25, 0.3) is 0 Å². The molecular weight excluding hydrogens is 199 g/mol. The van der Waals surface area contributed by atoms with Gasteiger partial charge in [-0.2, -0.15) is 0 Å². The van der Waals surface area contributed by atoms with Crippen LogP contribution in [0.15, 0.2) is 0 Å². The van der Waals surface area contributed by atoms with E-state index in [1.807, 2.05) is 41.5 Å². The predicted molar refractivity (Wildman–Crippen MR) is 59.9 cm³/mol. The molecule has 0 saturated carbocycles. The largest absolute Gasteiger partial charge is 0.320 e. The van der Waals surface area contributed by atoms with Gasteiger partial charge in [-0.3, -0.25) is 4.57 Å². The van der Waals surface area contributed by atoms with Gasteiger partial charge in [-0.1, -0.05) is 13.8 Å². The maximum absolute atomic E-state index is 11.5. The Hall–Kier alpha value is 0.150. The van der Waals surface area contributed by atoms with Crippen LogP contribution in [0.5, 0.6) is 0 Å². The first kappa shape index (κ1) is 14.2. The second-order valence-corrected chi connectivity index (χ2v) is 5.59. The summed E-state index contributed by atoms with van der Waals surface area (Å²) in [5.41, 5.74) is -0.722. The molecule has 0 saturated heterocycles. The molecule has 0 atom stereocenters. The Bertz CT molecular complexity index is 180. The Morgan fingerprint density at radius 1 is 0.929 bits per heavy atom. The SMILES string of the molecule is CCC(C)(C)O[PH](=O)OC(C)(C)CC. The van der Waals surface area contributed by atoms with Crippen molar-refractivity contribution in [3.63, 3.8) is 0 Å². The first-order chi connectivity index (χ1) is 6.22. The van der Waals surface area contributed by atoms with Crippen molar-refractivity contribution in [1.29, 1.82) is 0 Å². The maximum Gasteiger partial charge on any atom is 0.320 e. The van der Waals surface area contributed by atoms with Gasteiger partial charge in [0.15, 0.2) is 0 Å². The third kappa shape index (κ3) is 5.79. The third-order valence-electron chi connectivity index (χ3n) is 2.42. The van der Waals surface area contributed by atoms with Crippen molar-refractivity contribution in [3.05, 3.63) is 0 Å². The summed E-state index contributed by atoms with van der Waals surface area (Å²) < 4.78 is 22.2. The minimum atomic E-state index is -2.38. The minimum absolute atomic E-state index is 0.361. The fraction of sp³-hybridized carbons (Fsp3) is 1.00. The van der Waals surface area contributed by atoms with Gasteiger partial charge >= 0.3 is 8.25 Å². The summed E-state index contributed by atoms with van der Waals surface area (Å²) in [5, 5.41) is 0. The van der Waals surface area contributed by atoms with Crippen LogP contribution >= 0.6 is 8.25 Å². The normalized spacial score (nSPS) is 13.6. The highest BCUT2D eigenvalue weighted by atomic mass is 31.1. The maximum atomic E-state index is 11.5. The lowest BCUT2D eigenvalue weighted by molar-refractivity contribution is 0.0418. The van der Waals surface area contributed by atoms with Crippen LogP contribution in [0.1, 0.15) is 54.4 Å². The molecule has 0 unspecified atom stereocenters. The van der Waals surface area contributed by atoms with Crippen molar-refractivity contribution in [1.82, 2.24) is 0 Å². The quantitative estimate of drug-likeness (QED) is 0.641. The van der Waals surface area contributed by atoms with E-state index in [2.05, 4.69) is 0 Å². The summed E-state index contributed by atoms with van der Waals surface area (Å²) in [4.78, 5) is 0. The molecule has 0 amide bonds. The van der Waals surface area contributed by atoms with E-state index >= 15 is 0 Å². The van der Waals surface area contributed by atoms with Crippen LogP contribution in [0.3, 0.4) is 0 Å². The second-order valence-electron chi connectivity index (χ2n) is 4.68. The van der Waals surface area contributed by atoms with Crippen molar-refractivity contribution in [3.8, 4) is 0 Å². The predicted octanol–water partition coefficient (Wildman–Crippen LogP) is 3.79. The molecule has 86 valence electrons. The first-order valence-corrected chi connectivity index (χ1v) is 6.37. The molecule has 0 fully saturated rings. The van der Waals surface area contributed by atoms with Crippen molar-refractivity contribution in [2.24, 2.45) is 0 Å². The van der Waals surface area contributed by atoms with E-state index in [0.717, 1.165) is 12.8 Å². The summed E-state index contributed by atoms with van der Waals surface area (Å²) in [5.74, 6) is 0. The zero-order chi connectivity index (χ0) is 11.4. The van der Waals surface area contributed by atoms with E-state index in [1.54, 1.807) is 0 Å². The van der Waals surface area contributed by atoms with Crippen LogP contribution in [-0.2, 0) is 13.6 Å². The molecule has 0 bridgehead atoms. The van der Waals surface area contributed by atoms with Gasteiger partial charge in [0, 0.05) is 0 Å². The van der Waals surface area contributed by atoms with Gasteiger partial charge < -0.3 is 9.05 Å². The molecule has 0 aliphatic carbocycles. The molecule has 0 aromatic carbocycles. The Labute approximate surface area is 88.1 Å². The number of hydrogen-bond acceptors (Lipinski definition) is 3. The van der Waals surface area contributed by atoms with Crippen LogP contribution in [-0.4, -0.2) is 11.2 Å². The highest BCUT2D eigenvalue weighted by Gasteiger charge is 2.24. The lowest BCUT2D eigenvalue weighted by atomic mass is 10.1. The van der Waals surface area contributed by atoms with Gasteiger partial charge in [-0.05, 0) is 40.5 Å². The van der Waals surface area contributed by atoms with Crippen molar-refractivity contribution >= 4 is 8.25 Å². The Balaban J connectivity index is 4.12. The van der Waals surface area contributed by atoms with Crippen molar-refractivity contribution in [2.75, 3.05) is 0 Å². The molecule has 4 heteroatoms. The smallest absolute Gasteiger partial charge is 0.305 e. The molecule has 0 spiro atoms. The Kier molecular flexibility index (Phi) is 5.35. The van der Waals surface area contributed by atoms with Crippen molar-refractivity contribution < 1.29 is 13.6 Å². The molecule has 0 aromatic heterocycles. The van der Waals surface area contributed by atoms with E-state index in [4.69, 9.17) is 9.05 Å². The van der Waals surface area contributed by atoms with Gasteiger partial charge in [0.1, 0.15) is 0 Å². The number of hydrogen-bond donors (Lipinski definition) is 0.